The molecule has 0 aliphatic rings. The van der Waals surface area contributed by atoms with Crippen LogP contribution < -0.4 is 5.73 Å². The van der Waals surface area contributed by atoms with Gasteiger partial charge in [-0.15, -0.1) is 6.58 Å². The summed E-state index contributed by atoms with van der Waals surface area (Å²) in [5.41, 5.74) is 5.80. The zero-order valence-corrected chi connectivity index (χ0v) is 8.20. The first-order valence-corrected chi connectivity index (χ1v) is 4.39. The van der Waals surface area contributed by atoms with E-state index < -0.39 is 5.54 Å². The molecule has 3 nitrogen and oxygen atoms in total. The summed E-state index contributed by atoms with van der Waals surface area (Å²) >= 11 is 0. The predicted octanol–water partition coefficient (Wildman–Crippen LogP) is 1.85. The zero-order chi connectivity index (χ0) is 10.8. The van der Waals surface area contributed by atoms with Crippen molar-refractivity contribution in [1.29, 1.82) is 0 Å². The molecule has 0 amide bonds. The fourth-order valence-corrected chi connectivity index (χ4v) is 1.39. The van der Waals surface area contributed by atoms with Crippen LogP contribution >= 0.6 is 0 Å². The van der Waals surface area contributed by atoms with Crippen LogP contribution in [0.25, 0.3) is 0 Å². The number of phenols is 2. The van der Waals surface area contributed by atoms with Crippen LogP contribution in [0.15, 0.2) is 30.9 Å². The van der Waals surface area contributed by atoms with Crippen molar-refractivity contribution in [2.75, 3.05) is 0 Å². The second-order valence-electron chi connectivity index (χ2n) is 3.61. The zero-order valence-electron chi connectivity index (χ0n) is 8.20. The van der Waals surface area contributed by atoms with Crippen molar-refractivity contribution >= 4 is 0 Å². The summed E-state index contributed by atoms with van der Waals surface area (Å²) in [6, 6.07) is 4.32. The van der Waals surface area contributed by atoms with E-state index in [1.54, 1.807) is 13.0 Å². The van der Waals surface area contributed by atoms with Crippen molar-refractivity contribution < 1.29 is 10.2 Å². The molecule has 0 aromatic heterocycles. The summed E-state index contributed by atoms with van der Waals surface area (Å²) in [6.07, 6.45) is 2.22. The topological polar surface area (TPSA) is 66.5 Å². The molecule has 0 saturated heterocycles. The highest BCUT2D eigenvalue weighted by atomic mass is 16.3. The molecule has 0 aliphatic heterocycles. The molecule has 1 aromatic rings. The van der Waals surface area contributed by atoms with Gasteiger partial charge in [0.15, 0.2) is 0 Å². The molecule has 1 rings (SSSR count). The summed E-state index contributed by atoms with van der Waals surface area (Å²) in [4.78, 5) is 0. The average Bonchev–Trinajstić information content (AvgIpc) is 2.09. The monoisotopic (exact) mass is 193 g/mol. The number of rotatable bonds is 3. The minimum Gasteiger partial charge on any atom is -0.508 e. The molecule has 0 heterocycles. The lowest BCUT2D eigenvalue weighted by atomic mass is 9.89. The van der Waals surface area contributed by atoms with Gasteiger partial charge in [-0.3, -0.25) is 0 Å². The van der Waals surface area contributed by atoms with Crippen molar-refractivity contribution in [2.24, 2.45) is 5.73 Å². The van der Waals surface area contributed by atoms with Gasteiger partial charge in [-0.1, -0.05) is 6.08 Å². The Labute approximate surface area is 83.5 Å². The molecule has 3 heteroatoms. The van der Waals surface area contributed by atoms with Gasteiger partial charge in [-0.25, -0.2) is 0 Å². The fraction of sp³-hybridized carbons (Fsp3) is 0.273. The van der Waals surface area contributed by atoms with Gasteiger partial charge in [-0.2, -0.15) is 0 Å². The third-order valence-electron chi connectivity index (χ3n) is 2.16. The van der Waals surface area contributed by atoms with Gasteiger partial charge >= 0.3 is 0 Å². The smallest absolute Gasteiger partial charge is 0.120 e. The molecule has 76 valence electrons. The highest BCUT2D eigenvalue weighted by molar-refractivity contribution is 5.42. The number of aromatic hydroxyl groups is 2. The normalized spacial score (nSPS) is 14.7. The van der Waals surface area contributed by atoms with Crippen molar-refractivity contribution in [1.82, 2.24) is 0 Å². The number of hydrogen-bond donors (Lipinski definition) is 3. The van der Waals surface area contributed by atoms with Crippen LogP contribution in [0.5, 0.6) is 11.5 Å². The largest absolute Gasteiger partial charge is 0.508 e. The van der Waals surface area contributed by atoms with Crippen LogP contribution in [0, 0.1) is 0 Å². The number of hydrogen-bond acceptors (Lipinski definition) is 3. The average molecular weight is 193 g/mol. The third kappa shape index (κ3) is 2.06. The number of nitrogens with two attached hydrogens (primary N) is 1. The van der Waals surface area contributed by atoms with Gasteiger partial charge in [-0.05, 0) is 31.5 Å². The molecule has 0 fully saturated rings. The SMILES string of the molecule is C=CCC(C)(N)c1cc(O)ccc1O. The molecular weight excluding hydrogens is 178 g/mol. The highest BCUT2D eigenvalue weighted by Gasteiger charge is 2.23. The van der Waals surface area contributed by atoms with E-state index in [1.807, 2.05) is 0 Å². The standard InChI is InChI=1S/C11H15NO2/c1-3-6-11(2,12)9-7-8(13)4-5-10(9)14/h3-5,7,13-14H,1,6,12H2,2H3. The number of benzene rings is 1. The highest BCUT2D eigenvalue weighted by Crippen LogP contribution is 2.32. The summed E-state index contributed by atoms with van der Waals surface area (Å²) in [6.45, 7) is 5.38. The van der Waals surface area contributed by atoms with Gasteiger partial charge in [0.25, 0.3) is 0 Å². The van der Waals surface area contributed by atoms with E-state index in [9.17, 15) is 10.2 Å². The summed E-state index contributed by atoms with van der Waals surface area (Å²) in [7, 11) is 0. The Balaban J connectivity index is 3.16. The van der Waals surface area contributed by atoms with Crippen molar-refractivity contribution in [3.05, 3.63) is 36.4 Å². The summed E-state index contributed by atoms with van der Waals surface area (Å²) in [5, 5.41) is 18.8. The maximum absolute atomic E-state index is 9.57. The van der Waals surface area contributed by atoms with Crippen LogP contribution in [0.4, 0.5) is 0 Å². The maximum atomic E-state index is 9.57. The summed E-state index contributed by atoms with van der Waals surface area (Å²) in [5.74, 6) is 0.188. The van der Waals surface area contributed by atoms with Gasteiger partial charge in [0, 0.05) is 11.1 Å². The molecule has 0 radical (unpaired) electrons. The van der Waals surface area contributed by atoms with Gasteiger partial charge < -0.3 is 15.9 Å². The molecule has 0 saturated carbocycles. The van der Waals surface area contributed by atoms with Crippen LogP contribution in [-0.4, -0.2) is 10.2 Å². The molecule has 4 N–H and O–H groups in total. The molecule has 1 unspecified atom stereocenters. The minimum atomic E-state index is -0.704. The van der Waals surface area contributed by atoms with E-state index in [4.69, 9.17) is 5.73 Å². The lowest BCUT2D eigenvalue weighted by molar-refractivity contribution is 0.418. The lowest BCUT2D eigenvalue weighted by Crippen LogP contribution is -2.32. The Kier molecular flexibility index (Phi) is 2.81. The van der Waals surface area contributed by atoms with E-state index in [2.05, 4.69) is 6.58 Å². The molecule has 14 heavy (non-hydrogen) atoms. The van der Waals surface area contributed by atoms with Crippen LogP contribution in [0.3, 0.4) is 0 Å². The molecular formula is C11H15NO2. The molecule has 1 aromatic carbocycles. The van der Waals surface area contributed by atoms with Crippen molar-refractivity contribution in [3.63, 3.8) is 0 Å². The molecule has 0 spiro atoms. The first kappa shape index (κ1) is 10.6. The van der Waals surface area contributed by atoms with Crippen molar-refractivity contribution in [2.45, 2.75) is 18.9 Å². The Bertz CT molecular complexity index is 345. The minimum absolute atomic E-state index is 0.0923. The van der Waals surface area contributed by atoms with Crippen LogP contribution in [-0.2, 0) is 5.54 Å². The Hall–Kier alpha value is -1.48. The quantitative estimate of drug-likeness (QED) is 0.507. The van der Waals surface area contributed by atoms with Gasteiger partial charge in [0.1, 0.15) is 11.5 Å². The maximum Gasteiger partial charge on any atom is 0.120 e. The Morgan fingerprint density at radius 1 is 1.50 bits per heavy atom. The lowest BCUT2D eigenvalue weighted by Gasteiger charge is -2.24. The predicted molar refractivity (Wildman–Crippen MR) is 56.1 cm³/mol. The summed E-state index contributed by atoms with van der Waals surface area (Å²) < 4.78 is 0. The second-order valence-corrected chi connectivity index (χ2v) is 3.61. The Morgan fingerprint density at radius 3 is 2.71 bits per heavy atom. The van der Waals surface area contributed by atoms with E-state index in [-0.39, 0.29) is 11.5 Å². The second kappa shape index (κ2) is 3.72. The van der Waals surface area contributed by atoms with E-state index >= 15 is 0 Å². The van der Waals surface area contributed by atoms with E-state index in [0.717, 1.165) is 0 Å². The first-order chi connectivity index (χ1) is 6.47. The van der Waals surface area contributed by atoms with E-state index in [0.29, 0.717) is 12.0 Å². The number of phenolic OH excluding ortho intramolecular Hbond substituents is 2. The van der Waals surface area contributed by atoms with Gasteiger partial charge in [0.05, 0.1) is 0 Å². The van der Waals surface area contributed by atoms with Gasteiger partial charge in [0.2, 0.25) is 0 Å². The Morgan fingerprint density at radius 2 is 2.14 bits per heavy atom. The first-order valence-electron chi connectivity index (χ1n) is 4.39. The molecule has 0 bridgehead atoms. The third-order valence-corrected chi connectivity index (χ3v) is 2.16. The van der Waals surface area contributed by atoms with E-state index in [1.165, 1.54) is 18.2 Å². The van der Waals surface area contributed by atoms with Crippen LogP contribution in [0.1, 0.15) is 18.9 Å². The van der Waals surface area contributed by atoms with Crippen LogP contribution in [0.2, 0.25) is 0 Å². The fourth-order valence-electron chi connectivity index (χ4n) is 1.39. The molecule has 1 atom stereocenters. The molecule has 0 aliphatic carbocycles. The van der Waals surface area contributed by atoms with Crippen molar-refractivity contribution in [3.8, 4) is 11.5 Å².